The topological polar surface area (TPSA) is 102 Å². The highest BCUT2D eigenvalue weighted by atomic mass is 16.5. The molecule has 4 rings (SSSR count). The molecule has 1 unspecified atom stereocenters. The number of anilines is 1. The lowest BCUT2D eigenvalue weighted by Gasteiger charge is -2.32. The lowest BCUT2D eigenvalue weighted by atomic mass is 9.98. The zero-order chi connectivity index (χ0) is 27.1. The summed E-state index contributed by atoms with van der Waals surface area (Å²) in [6, 6.07) is 12.4. The van der Waals surface area contributed by atoms with Gasteiger partial charge in [-0.2, -0.15) is 0 Å². The van der Waals surface area contributed by atoms with Crippen molar-refractivity contribution < 1.29 is 33.4 Å². The van der Waals surface area contributed by atoms with Crippen LogP contribution in [0.3, 0.4) is 0 Å². The lowest BCUT2D eigenvalue weighted by Crippen LogP contribution is -2.43. The van der Waals surface area contributed by atoms with E-state index in [1.54, 1.807) is 34.9 Å². The SMILES string of the molecule is CCOC(=O)C1CCCN(C(=O)CCCN2C(=O)COc3ccc(C(=O)COc4ccc(C)cc4)cc32)C1. The molecule has 9 nitrogen and oxygen atoms in total. The third-order valence-electron chi connectivity index (χ3n) is 6.78. The van der Waals surface area contributed by atoms with E-state index in [9.17, 15) is 19.2 Å². The van der Waals surface area contributed by atoms with Gasteiger partial charge in [0.15, 0.2) is 19.0 Å². The number of likely N-dealkylation sites (tertiary alicyclic amines) is 1. The maximum absolute atomic E-state index is 12.8. The molecule has 0 aromatic heterocycles. The van der Waals surface area contributed by atoms with Crippen molar-refractivity contribution in [1.29, 1.82) is 0 Å². The number of fused-ring (bicyclic) bond motifs is 1. The number of rotatable bonds is 10. The van der Waals surface area contributed by atoms with Gasteiger partial charge in [0.1, 0.15) is 11.5 Å². The highest BCUT2D eigenvalue weighted by Gasteiger charge is 2.30. The summed E-state index contributed by atoms with van der Waals surface area (Å²) in [6.45, 7) is 5.14. The molecule has 0 bridgehead atoms. The van der Waals surface area contributed by atoms with E-state index >= 15 is 0 Å². The molecule has 0 N–H and O–H groups in total. The first-order valence-electron chi connectivity index (χ1n) is 13.1. The molecule has 2 aliphatic heterocycles. The minimum absolute atomic E-state index is 0.0443. The van der Waals surface area contributed by atoms with Crippen LogP contribution in [-0.4, -0.2) is 67.9 Å². The predicted molar refractivity (Wildman–Crippen MR) is 140 cm³/mol. The van der Waals surface area contributed by atoms with Gasteiger partial charge in [0.2, 0.25) is 5.91 Å². The largest absolute Gasteiger partial charge is 0.485 e. The van der Waals surface area contributed by atoms with Crippen molar-refractivity contribution in [3.8, 4) is 11.5 Å². The van der Waals surface area contributed by atoms with Crippen molar-refractivity contribution in [3.63, 3.8) is 0 Å². The normalized spacial score (nSPS) is 16.9. The number of aryl methyl sites for hydroxylation is 1. The first-order chi connectivity index (χ1) is 18.4. The summed E-state index contributed by atoms with van der Waals surface area (Å²) >= 11 is 0. The number of piperidine rings is 1. The molecule has 0 saturated carbocycles. The molecule has 2 aliphatic rings. The summed E-state index contributed by atoms with van der Waals surface area (Å²) in [5.74, 6) is 0.0846. The first kappa shape index (κ1) is 27.2. The van der Waals surface area contributed by atoms with E-state index in [4.69, 9.17) is 14.2 Å². The predicted octanol–water partition coefficient (Wildman–Crippen LogP) is 3.56. The van der Waals surface area contributed by atoms with E-state index in [2.05, 4.69) is 0 Å². The Balaban J connectivity index is 1.34. The molecule has 0 radical (unpaired) electrons. The number of amides is 2. The maximum atomic E-state index is 12.8. The molecule has 2 aromatic rings. The van der Waals surface area contributed by atoms with E-state index in [-0.39, 0.29) is 49.1 Å². The second kappa shape index (κ2) is 12.6. The zero-order valence-corrected chi connectivity index (χ0v) is 21.9. The first-order valence-corrected chi connectivity index (χ1v) is 13.1. The van der Waals surface area contributed by atoms with Crippen LogP contribution in [-0.2, 0) is 19.1 Å². The van der Waals surface area contributed by atoms with E-state index in [1.807, 2.05) is 31.2 Å². The minimum atomic E-state index is -0.286. The number of esters is 1. The molecule has 1 atom stereocenters. The number of benzene rings is 2. The van der Waals surface area contributed by atoms with E-state index in [0.717, 1.165) is 18.4 Å². The van der Waals surface area contributed by atoms with Crippen molar-refractivity contribution in [2.75, 3.05) is 44.4 Å². The Kier molecular flexibility index (Phi) is 8.99. The molecule has 2 aromatic carbocycles. The number of carbonyl (C=O) groups is 4. The third-order valence-corrected chi connectivity index (χ3v) is 6.78. The quantitative estimate of drug-likeness (QED) is 0.347. The Bertz CT molecular complexity index is 1180. The zero-order valence-electron chi connectivity index (χ0n) is 21.9. The molecule has 2 amide bonds. The van der Waals surface area contributed by atoms with E-state index in [0.29, 0.717) is 55.4 Å². The average Bonchev–Trinajstić information content (AvgIpc) is 2.93. The average molecular weight is 523 g/mol. The van der Waals surface area contributed by atoms with Crippen LogP contribution in [0.25, 0.3) is 0 Å². The van der Waals surface area contributed by atoms with E-state index in [1.165, 1.54) is 0 Å². The maximum Gasteiger partial charge on any atom is 0.310 e. The summed E-state index contributed by atoms with van der Waals surface area (Å²) in [7, 11) is 0. The molecule has 1 saturated heterocycles. The van der Waals surface area contributed by atoms with Gasteiger partial charge in [-0.05, 0) is 63.4 Å². The Morgan fingerprint density at radius 1 is 1.11 bits per heavy atom. The van der Waals surface area contributed by atoms with E-state index < -0.39 is 0 Å². The monoisotopic (exact) mass is 522 g/mol. The van der Waals surface area contributed by atoms with Crippen molar-refractivity contribution in [3.05, 3.63) is 53.6 Å². The van der Waals surface area contributed by atoms with Crippen LogP contribution in [0.2, 0.25) is 0 Å². The molecule has 9 heteroatoms. The summed E-state index contributed by atoms with van der Waals surface area (Å²) in [5, 5.41) is 0. The van der Waals surface area contributed by atoms with Crippen molar-refractivity contribution in [2.45, 2.75) is 39.5 Å². The molecule has 0 spiro atoms. The fourth-order valence-electron chi connectivity index (χ4n) is 4.69. The van der Waals surface area contributed by atoms with Crippen molar-refractivity contribution in [2.24, 2.45) is 5.92 Å². The highest BCUT2D eigenvalue weighted by Crippen LogP contribution is 2.33. The second-order valence-electron chi connectivity index (χ2n) is 9.58. The molecular formula is C29H34N2O7. The van der Waals surface area contributed by atoms with Crippen LogP contribution in [0.1, 0.15) is 48.5 Å². The molecule has 38 heavy (non-hydrogen) atoms. The number of hydrogen-bond acceptors (Lipinski definition) is 7. The molecule has 2 heterocycles. The Labute approximate surface area is 222 Å². The Hall–Kier alpha value is -3.88. The summed E-state index contributed by atoms with van der Waals surface area (Å²) in [5.41, 5.74) is 2.02. The van der Waals surface area contributed by atoms with Crippen LogP contribution in [0, 0.1) is 12.8 Å². The lowest BCUT2D eigenvalue weighted by molar-refractivity contribution is -0.151. The second-order valence-corrected chi connectivity index (χ2v) is 9.58. The molecule has 1 fully saturated rings. The summed E-state index contributed by atoms with van der Waals surface area (Å²) < 4.78 is 16.3. The highest BCUT2D eigenvalue weighted by molar-refractivity contribution is 6.02. The molecule has 202 valence electrons. The number of nitrogens with zero attached hydrogens (tertiary/aromatic N) is 2. The number of Topliss-reactive ketones (excluding diaryl/α,β-unsaturated/α-hetero) is 1. The third kappa shape index (κ3) is 6.70. The van der Waals surface area contributed by atoms with Crippen LogP contribution in [0.4, 0.5) is 5.69 Å². The van der Waals surface area contributed by atoms with Crippen LogP contribution in [0.5, 0.6) is 11.5 Å². The van der Waals surface area contributed by atoms with Crippen LogP contribution in [0.15, 0.2) is 42.5 Å². The van der Waals surface area contributed by atoms with Crippen molar-refractivity contribution >= 4 is 29.3 Å². The summed E-state index contributed by atoms with van der Waals surface area (Å²) in [4.78, 5) is 53.7. The standard InChI is InChI=1S/C29H34N2O7/c1-3-36-29(35)22-6-4-14-30(17-22)27(33)7-5-15-31-24-16-21(10-13-26(24)38-19-28(31)34)25(32)18-37-23-11-8-20(2)9-12-23/h8-13,16,22H,3-7,14-15,17-19H2,1-2H3. The number of ether oxygens (including phenoxy) is 3. The van der Waals surface area contributed by atoms with Gasteiger partial charge >= 0.3 is 5.97 Å². The minimum Gasteiger partial charge on any atom is -0.485 e. The number of hydrogen-bond donors (Lipinski definition) is 0. The van der Waals surface area contributed by atoms with Gasteiger partial charge < -0.3 is 24.0 Å². The van der Waals surface area contributed by atoms with Gasteiger partial charge in [-0.1, -0.05) is 17.7 Å². The fraction of sp³-hybridized carbons (Fsp3) is 0.448. The number of ketones is 1. The van der Waals surface area contributed by atoms with Crippen LogP contribution >= 0.6 is 0 Å². The van der Waals surface area contributed by atoms with Gasteiger partial charge in [0.25, 0.3) is 5.91 Å². The van der Waals surface area contributed by atoms with Gasteiger partial charge in [0.05, 0.1) is 18.2 Å². The Morgan fingerprint density at radius 2 is 1.89 bits per heavy atom. The smallest absolute Gasteiger partial charge is 0.310 e. The fourth-order valence-corrected chi connectivity index (χ4v) is 4.69. The Morgan fingerprint density at radius 3 is 2.66 bits per heavy atom. The van der Waals surface area contributed by atoms with Gasteiger partial charge in [0, 0.05) is 31.6 Å². The van der Waals surface area contributed by atoms with Gasteiger partial charge in [-0.15, -0.1) is 0 Å². The van der Waals surface area contributed by atoms with Crippen LogP contribution < -0.4 is 14.4 Å². The molecular weight excluding hydrogens is 488 g/mol. The molecule has 0 aliphatic carbocycles. The van der Waals surface area contributed by atoms with Gasteiger partial charge in [-0.3, -0.25) is 19.2 Å². The number of carbonyl (C=O) groups excluding carboxylic acids is 4. The summed E-state index contributed by atoms with van der Waals surface area (Å²) in [6.07, 6.45) is 2.17. The van der Waals surface area contributed by atoms with Gasteiger partial charge in [-0.25, -0.2) is 0 Å². The van der Waals surface area contributed by atoms with Crippen molar-refractivity contribution in [1.82, 2.24) is 4.90 Å².